The fraction of sp³-hybridized carbons (Fsp3) is 0.714. The van der Waals surface area contributed by atoms with Crippen molar-refractivity contribution in [3.05, 3.63) is 17.6 Å². The molecule has 19 heavy (non-hydrogen) atoms. The summed E-state index contributed by atoms with van der Waals surface area (Å²) >= 11 is 0. The predicted molar refractivity (Wildman–Crippen MR) is 75.6 cm³/mol. The Morgan fingerprint density at radius 3 is 2.84 bits per heavy atom. The van der Waals surface area contributed by atoms with Crippen molar-refractivity contribution in [1.82, 2.24) is 19.8 Å². The summed E-state index contributed by atoms with van der Waals surface area (Å²) in [6, 6.07) is 3.30. The first kappa shape index (κ1) is 12.8. The Kier molecular flexibility index (Phi) is 3.41. The molecule has 0 radical (unpaired) electrons. The number of hydrogen-bond donors (Lipinski definition) is 1. The fourth-order valence-corrected chi connectivity index (χ4v) is 3.45. The van der Waals surface area contributed by atoms with Gasteiger partial charge in [-0.2, -0.15) is 0 Å². The molecule has 2 unspecified atom stereocenters. The molecule has 2 aliphatic rings. The zero-order valence-electron chi connectivity index (χ0n) is 11.8. The second kappa shape index (κ2) is 5.06. The first-order valence-electron chi connectivity index (χ1n) is 7.16. The van der Waals surface area contributed by atoms with Crippen molar-refractivity contribution in [2.75, 3.05) is 25.9 Å². The van der Waals surface area contributed by atoms with E-state index in [1.165, 1.54) is 19.3 Å². The Bertz CT molecular complexity index is 441. The molecule has 0 aromatic carbocycles. The lowest BCUT2D eigenvalue weighted by atomic mass is 10.1. The van der Waals surface area contributed by atoms with E-state index >= 15 is 0 Å². The van der Waals surface area contributed by atoms with Gasteiger partial charge in [0.2, 0.25) is 0 Å². The minimum atomic E-state index is 0.580. The lowest BCUT2D eigenvalue weighted by Gasteiger charge is -2.25. The monoisotopic (exact) mass is 261 g/mol. The molecule has 3 rings (SSSR count). The van der Waals surface area contributed by atoms with Crippen LogP contribution < -0.4 is 5.73 Å². The van der Waals surface area contributed by atoms with E-state index in [0.717, 1.165) is 37.2 Å². The number of likely N-dealkylation sites (N-methyl/N-ethyl adjacent to an activating group) is 1. The molecule has 5 heteroatoms. The molecule has 2 bridgehead atoms. The van der Waals surface area contributed by atoms with Gasteiger partial charge in [-0.15, -0.1) is 0 Å². The highest BCUT2D eigenvalue weighted by Gasteiger charge is 2.34. The number of rotatable bonds is 2. The molecule has 104 valence electrons. The molecule has 2 fully saturated rings. The van der Waals surface area contributed by atoms with Crippen LogP contribution in [0.25, 0.3) is 0 Å². The minimum absolute atomic E-state index is 0.580. The average Bonchev–Trinajstić information content (AvgIpc) is 2.56. The zero-order chi connectivity index (χ0) is 13.4. The number of aryl methyl sites for hydroxylation is 1. The van der Waals surface area contributed by atoms with Crippen molar-refractivity contribution in [3.8, 4) is 0 Å². The minimum Gasteiger partial charge on any atom is -0.384 e. The fourth-order valence-electron chi connectivity index (χ4n) is 3.45. The van der Waals surface area contributed by atoms with Crippen LogP contribution in [0, 0.1) is 6.92 Å². The van der Waals surface area contributed by atoms with Crippen molar-refractivity contribution >= 4 is 5.82 Å². The van der Waals surface area contributed by atoms with Gasteiger partial charge in [-0.05, 0) is 33.2 Å². The van der Waals surface area contributed by atoms with Crippen LogP contribution in [0.1, 0.15) is 30.8 Å². The molecule has 3 heterocycles. The average molecular weight is 261 g/mol. The Labute approximate surface area is 114 Å². The number of nitrogens with zero attached hydrogens (tertiary/aromatic N) is 4. The Morgan fingerprint density at radius 2 is 2.05 bits per heavy atom. The third-order valence-corrected chi connectivity index (χ3v) is 4.52. The summed E-state index contributed by atoms with van der Waals surface area (Å²) in [4.78, 5) is 13.9. The van der Waals surface area contributed by atoms with Crippen molar-refractivity contribution in [2.24, 2.45) is 0 Å². The Hall–Kier alpha value is -1.20. The molecule has 0 amide bonds. The summed E-state index contributed by atoms with van der Waals surface area (Å²) in [6.07, 6.45) is 3.95. The Balaban J connectivity index is 1.70. The number of nitrogen functional groups attached to an aromatic ring is 1. The van der Waals surface area contributed by atoms with Gasteiger partial charge in [0, 0.05) is 36.9 Å². The Morgan fingerprint density at radius 1 is 1.26 bits per heavy atom. The first-order valence-corrected chi connectivity index (χ1v) is 7.16. The highest BCUT2D eigenvalue weighted by atomic mass is 15.3. The van der Waals surface area contributed by atoms with Gasteiger partial charge in [0.1, 0.15) is 11.6 Å². The van der Waals surface area contributed by atoms with Gasteiger partial charge in [-0.1, -0.05) is 0 Å². The normalized spacial score (nSPS) is 28.5. The summed E-state index contributed by atoms with van der Waals surface area (Å²) in [5.41, 5.74) is 6.75. The lowest BCUT2D eigenvalue weighted by Crippen LogP contribution is -2.36. The molecule has 0 aliphatic carbocycles. The first-order chi connectivity index (χ1) is 9.11. The van der Waals surface area contributed by atoms with Crippen molar-refractivity contribution in [1.29, 1.82) is 0 Å². The zero-order valence-corrected chi connectivity index (χ0v) is 11.8. The van der Waals surface area contributed by atoms with E-state index in [4.69, 9.17) is 5.73 Å². The highest BCUT2D eigenvalue weighted by molar-refractivity contribution is 5.29. The quantitative estimate of drug-likeness (QED) is 0.862. The topological polar surface area (TPSA) is 58.3 Å². The van der Waals surface area contributed by atoms with Crippen LogP contribution in [0.4, 0.5) is 5.82 Å². The number of fused-ring (bicyclic) bond motifs is 2. The predicted octanol–water partition coefficient (Wildman–Crippen LogP) is 1.04. The highest BCUT2D eigenvalue weighted by Crippen LogP contribution is 2.28. The van der Waals surface area contributed by atoms with Crippen LogP contribution >= 0.6 is 0 Å². The second-order valence-electron chi connectivity index (χ2n) is 5.92. The maximum atomic E-state index is 5.80. The second-order valence-corrected chi connectivity index (χ2v) is 5.92. The smallest absolute Gasteiger partial charge is 0.144 e. The molecule has 2 N–H and O–H groups in total. The maximum absolute atomic E-state index is 5.80. The van der Waals surface area contributed by atoms with Crippen molar-refractivity contribution in [2.45, 2.75) is 44.8 Å². The van der Waals surface area contributed by atoms with E-state index in [-0.39, 0.29) is 0 Å². The summed E-state index contributed by atoms with van der Waals surface area (Å²) < 4.78 is 0. The van der Waals surface area contributed by atoms with Gasteiger partial charge in [-0.25, -0.2) is 9.97 Å². The number of likely N-dealkylation sites (tertiary alicyclic amines) is 1. The van der Waals surface area contributed by atoms with E-state index < -0.39 is 0 Å². The van der Waals surface area contributed by atoms with Crippen molar-refractivity contribution < 1.29 is 0 Å². The third kappa shape index (κ3) is 2.72. The number of anilines is 1. The van der Waals surface area contributed by atoms with Gasteiger partial charge in [0.15, 0.2) is 0 Å². The standard InChI is InChI=1S/C14H23N5/c1-10-7-13(15)17-14(16-10)9-19-6-5-11-3-4-12(8-19)18(11)2/h7,11-12H,3-6,8-9H2,1-2H3,(H2,15,16,17). The van der Waals surface area contributed by atoms with Crippen LogP contribution in [0.5, 0.6) is 0 Å². The lowest BCUT2D eigenvalue weighted by molar-refractivity contribution is 0.212. The van der Waals surface area contributed by atoms with E-state index in [1.54, 1.807) is 0 Å². The summed E-state index contributed by atoms with van der Waals surface area (Å²) in [5, 5.41) is 0. The van der Waals surface area contributed by atoms with Gasteiger partial charge in [0.25, 0.3) is 0 Å². The van der Waals surface area contributed by atoms with E-state index in [9.17, 15) is 0 Å². The van der Waals surface area contributed by atoms with E-state index in [1.807, 2.05) is 13.0 Å². The number of hydrogen-bond acceptors (Lipinski definition) is 5. The third-order valence-electron chi connectivity index (χ3n) is 4.52. The molecule has 5 nitrogen and oxygen atoms in total. The summed E-state index contributed by atoms with van der Waals surface area (Å²) in [5.74, 6) is 1.44. The summed E-state index contributed by atoms with van der Waals surface area (Å²) in [6.45, 7) is 5.07. The van der Waals surface area contributed by atoms with Gasteiger partial charge in [0.05, 0.1) is 6.54 Å². The molecule has 1 aromatic rings. The summed E-state index contributed by atoms with van der Waals surface area (Å²) in [7, 11) is 2.27. The van der Waals surface area contributed by atoms with Crippen LogP contribution in [-0.4, -0.2) is 52.0 Å². The van der Waals surface area contributed by atoms with Crippen LogP contribution in [0.15, 0.2) is 6.07 Å². The SMILES string of the molecule is Cc1cc(N)nc(CN2CCC3CCC(C2)N3C)n1. The molecule has 2 saturated heterocycles. The largest absolute Gasteiger partial charge is 0.384 e. The molecule has 0 spiro atoms. The maximum Gasteiger partial charge on any atom is 0.144 e. The van der Waals surface area contributed by atoms with E-state index in [2.05, 4.69) is 26.8 Å². The molecular weight excluding hydrogens is 238 g/mol. The van der Waals surface area contributed by atoms with Crippen molar-refractivity contribution in [3.63, 3.8) is 0 Å². The number of aromatic nitrogens is 2. The van der Waals surface area contributed by atoms with E-state index in [0.29, 0.717) is 11.9 Å². The van der Waals surface area contributed by atoms with Crippen LogP contribution in [0.2, 0.25) is 0 Å². The number of nitrogens with two attached hydrogens (primary N) is 1. The molecule has 2 aliphatic heterocycles. The van der Waals surface area contributed by atoms with Gasteiger partial charge < -0.3 is 5.73 Å². The molecule has 0 saturated carbocycles. The van der Waals surface area contributed by atoms with Gasteiger partial charge >= 0.3 is 0 Å². The van der Waals surface area contributed by atoms with Crippen LogP contribution in [-0.2, 0) is 6.54 Å². The molecular formula is C14H23N5. The molecule has 1 aromatic heterocycles. The van der Waals surface area contributed by atoms with Crippen LogP contribution in [0.3, 0.4) is 0 Å². The van der Waals surface area contributed by atoms with Gasteiger partial charge in [-0.3, -0.25) is 9.80 Å². The molecule has 2 atom stereocenters.